The number of non-ortho nitro benzene ring substituents is 1. The zero-order valence-electron chi connectivity index (χ0n) is 19.3. The molecule has 1 aromatic heterocycles. The minimum atomic E-state index is -0.580. The Morgan fingerprint density at radius 2 is 1.84 bits per heavy atom. The van der Waals surface area contributed by atoms with E-state index in [0.717, 1.165) is 0 Å². The number of nitrogens with zero attached hydrogens (tertiary/aromatic N) is 3. The smallest absolute Gasteiger partial charge is 0.270 e. The predicted octanol–water partition coefficient (Wildman–Crippen LogP) is 4.51. The van der Waals surface area contributed by atoms with Crippen molar-refractivity contribution in [2.75, 3.05) is 36.5 Å². The predicted molar refractivity (Wildman–Crippen MR) is 139 cm³/mol. The second-order valence-electron chi connectivity index (χ2n) is 8.17. The molecule has 37 heavy (non-hydrogen) atoms. The number of oxazole rings is 1. The monoisotopic (exact) mass is 521 g/mol. The quantitative estimate of drug-likeness (QED) is 0.222. The molecule has 10 nitrogen and oxygen atoms in total. The highest BCUT2D eigenvalue weighted by atomic mass is 32.1. The molecule has 3 aromatic carbocycles. The van der Waals surface area contributed by atoms with Crippen LogP contribution in [0, 0.1) is 15.9 Å². The van der Waals surface area contributed by atoms with Crippen molar-refractivity contribution >= 4 is 51.4 Å². The number of thiocarbonyl (C=S) groups is 1. The van der Waals surface area contributed by atoms with Crippen LogP contribution in [-0.4, -0.2) is 47.2 Å². The average molecular weight is 522 g/mol. The number of rotatable bonds is 5. The number of nitrogens with one attached hydrogen (secondary N) is 2. The van der Waals surface area contributed by atoms with Crippen LogP contribution in [0.15, 0.2) is 65.1 Å². The number of nitro benzene ring substituents is 1. The summed E-state index contributed by atoms with van der Waals surface area (Å²) in [5.41, 5.74) is 2.72. The van der Waals surface area contributed by atoms with E-state index in [1.54, 1.807) is 36.4 Å². The van der Waals surface area contributed by atoms with E-state index in [1.165, 1.54) is 24.3 Å². The van der Waals surface area contributed by atoms with E-state index in [2.05, 4.69) is 15.6 Å². The van der Waals surface area contributed by atoms with E-state index >= 15 is 0 Å². The number of halogens is 1. The third kappa shape index (κ3) is 5.39. The molecule has 0 radical (unpaired) electrons. The molecular formula is C25H20FN5O5S. The highest BCUT2D eigenvalue weighted by molar-refractivity contribution is 7.80. The molecule has 4 aromatic rings. The third-order valence-electron chi connectivity index (χ3n) is 5.75. The fourth-order valence-corrected chi connectivity index (χ4v) is 4.16. The molecule has 1 amide bonds. The molecule has 12 heteroatoms. The van der Waals surface area contributed by atoms with Crippen molar-refractivity contribution in [3.63, 3.8) is 0 Å². The van der Waals surface area contributed by atoms with Gasteiger partial charge in [-0.15, -0.1) is 0 Å². The SMILES string of the molecule is O=C(NC(=S)Nc1ccc2oc(-c3ccc(F)cc3)nc2c1)c1cc([N+](=O)[O-])ccc1N1CCOCC1. The van der Waals surface area contributed by atoms with Gasteiger partial charge in [0.1, 0.15) is 11.3 Å². The maximum absolute atomic E-state index is 13.2. The molecule has 2 N–H and O–H groups in total. The zero-order chi connectivity index (χ0) is 25.9. The molecule has 1 saturated heterocycles. The van der Waals surface area contributed by atoms with Crippen LogP contribution in [0.3, 0.4) is 0 Å². The van der Waals surface area contributed by atoms with Gasteiger partial charge in [-0.2, -0.15) is 0 Å². The number of fused-ring (bicyclic) bond motifs is 1. The second kappa shape index (κ2) is 10.3. The number of nitro groups is 1. The molecule has 188 valence electrons. The van der Waals surface area contributed by atoms with Gasteiger partial charge in [-0.05, 0) is 60.7 Å². The molecule has 0 bridgehead atoms. The minimum Gasteiger partial charge on any atom is -0.436 e. The van der Waals surface area contributed by atoms with Gasteiger partial charge in [-0.25, -0.2) is 9.37 Å². The molecule has 1 aliphatic heterocycles. The Hall–Kier alpha value is -4.42. The van der Waals surface area contributed by atoms with Gasteiger partial charge in [0, 0.05) is 36.5 Å². The number of carbonyl (C=O) groups is 1. The van der Waals surface area contributed by atoms with Crippen molar-refractivity contribution < 1.29 is 23.3 Å². The molecule has 0 unspecified atom stereocenters. The zero-order valence-corrected chi connectivity index (χ0v) is 20.1. The van der Waals surface area contributed by atoms with Gasteiger partial charge in [0.25, 0.3) is 11.6 Å². The number of amides is 1. The van der Waals surface area contributed by atoms with Gasteiger partial charge in [-0.1, -0.05) is 0 Å². The lowest BCUT2D eigenvalue weighted by atomic mass is 10.1. The van der Waals surface area contributed by atoms with E-state index in [1.807, 2.05) is 4.90 Å². The fraction of sp³-hybridized carbons (Fsp3) is 0.160. The first-order chi connectivity index (χ1) is 17.9. The summed E-state index contributed by atoms with van der Waals surface area (Å²) < 4.78 is 24.3. The normalized spacial score (nSPS) is 13.4. The summed E-state index contributed by atoms with van der Waals surface area (Å²) in [6.45, 7) is 2.09. The summed E-state index contributed by atoms with van der Waals surface area (Å²) in [6.07, 6.45) is 0. The topological polar surface area (TPSA) is 123 Å². The largest absolute Gasteiger partial charge is 0.436 e. The first kappa shape index (κ1) is 24.3. The highest BCUT2D eigenvalue weighted by Crippen LogP contribution is 2.28. The minimum absolute atomic E-state index is 0.00559. The molecule has 0 saturated carbocycles. The van der Waals surface area contributed by atoms with Crippen molar-refractivity contribution in [3.05, 3.63) is 82.2 Å². The van der Waals surface area contributed by atoms with Crippen molar-refractivity contribution in [3.8, 4) is 11.5 Å². The summed E-state index contributed by atoms with van der Waals surface area (Å²) in [5, 5.41) is 16.8. The summed E-state index contributed by atoms with van der Waals surface area (Å²) in [6, 6.07) is 15.0. The van der Waals surface area contributed by atoms with E-state index in [4.69, 9.17) is 21.4 Å². The number of benzene rings is 3. The Balaban J connectivity index is 1.33. The lowest BCUT2D eigenvalue weighted by Gasteiger charge is -2.30. The van der Waals surface area contributed by atoms with E-state index in [-0.39, 0.29) is 22.2 Å². The molecule has 5 rings (SSSR count). The maximum atomic E-state index is 13.2. The van der Waals surface area contributed by atoms with Crippen LogP contribution in [0.4, 0.5) is 21.5 Å². The van der Waals surface area contributed by atoms with Gasteiger partial charge in [-0.3, -0.25) is 20.2 Å². The van der Waals surface area contributed by atoms with Crippen LogP contribution < -0.4 is 15.5 Å². The fourth-order valence-electron chi connectivity index (χ4n) is 3.95. The van der Waals surface area contributed by atoms with Gasteiger partial charge < -0.3 is 19.4 Å². The summed E-state index contributed by atoms with van der Waals surface area (Å²) in [7, 11) is 0. The van der Waals surface area contributed by atoms with Crippen molar-refractivity contribution in [2.45, 2.75) is 0 Å². The van der Waals surface area contributed by atoms with Crippen LogP contribution in [-0.2, 0) is 4.74 Å². The number of morpholine rings is 1. The number of hydrogen-bond acceptors (Lipinski definition) is 8. The number of carbonyl (C=O) groups excluding carboxylic acids is 1. The first-order valence-electron chi connectivity index (χ1n) is 11.3. The Morgan fingerprint density at radius 3 is 2.57 bits per heavy atom. The average Bonchev–Trinajstić information content (AvgIpc) is 3.32. The molecule has 2 heterocycles. The van der Waals surface area contributed by atoms with Crippen molar-refractivity contribution in [2.24, 2.45) is 0 Å². The van der Waals surface area contributed by atoms with Gasteiger partial charge >= 0.3 is 0 Å². The van der Waals surface area contributed by atoms with Crippen molar-refractivity contribution in [1.82, 2.24) is 10.3 Å². The van der Waals surface area contributed by atoms with E-state index in [0.29, 0.717) is 60.2 Å². The summed E-state index contributed by atoms with van der Waals surface area (Å²) >= 11 is 5.32. The molecule has 1 fully saturated rings. The van der Waals surface area contributed by atoms with Crippen LogP contribution >= 0.6 is 12.2 Å². The molecule has 0 atom stereocenters. The Bertz CT molecular complexity index is 1500. The number of hydrogen-bond donors (Lipinski definition) is 2. The van der Waals surface area contributed by atoms with Crippen LogP contribution in [0.25, 0.3) is 22.6 Å². The summed E-state index contributed by atoms with van der Waals surface area (Å²) in [5.74, 6) is -0.600. The lowest BCUT2D eigenvalue weighted by Crippen LogP contribution is -2.39. The first-order valence-corrected chi connectivity index (χ1v) is 11.7. The van der Waals surface area contributed by atoms with Crippen LogP contribution in [0.5, 0.6) is 0 Å². The number of ether oxygens (including phenoxy) is 1. The molecular weight excluding hydrogens is 501 g/mol. The lowest BCUT2D eigenvalue weighted by molar-refractivity contribution is -0.384. The molecule has 1 aliphatic rings. The highest BCUT2D eigenvalue weighted by Gasteiger charge is 2.23. The Kier molecular flexibility index (Phi) is 6.75. The van der Waals surface area contributed by atoms with E-state index < -0.39 is 10.8 Å². The van der Waals surface area contributed by atoms with Gasteiger partial charge in [0.05, 0.1) is 29.4 Å². The Labute approximate surface area is 215 Å². The second-order valence-corrected chi connectivity index (χ2v) is 8.58. The summed E-state index contributed by atoms with van der Waals surface area (Å²) in [4.78, 5) is 30.2. The maximum Gasteiger partial charge on any atom is 0.270 e. The van der Waals surface area contributed by atoms with E-state index in [9.17, 15) is 19.3 Å². The van der Waals surface area contributed by atoms with Gasteiger partial charge in [0.2, 0.25) is 5.89 Å². The van der Waals surface area contributed by atoms with Crippen LogP contribution in [0.1, 0.15) is 10.4 Å². The van der Waals surface area contributed by atoms with Crippen LogP contribution in [0.2, 0.25) is 0 Å². The Morgan fingerprint density at radius 1 is 1.08 bits per heavy atom. The van der Waals surface area contributed by atoms with Crippen molar-refractivity contribution in [1.29, 1.82) is 0 Å². The standard InChI is InChI=1S/C25H20FN5O5S/c26-16-3-1-15(2-4-16)24-28-20-13-17(5-8-22(20)36-24)27-25(37)29-23(32)19-14-18(31(33)34)6-7-21(19)30-9-11-35-12-10-30/h1-8,13-14H,9-12H2,(H2,27,29,32,37). The number of anilines is 2. The molecule has 0 spiro atoms. The third-order valence-corrected chi connectivity index (χ3v) is 5.96. The number of aromatic nitrogens is 1. The van der Waals surface area contributed by atoms with Gasteiger partial charge in [0.15, 0.2) is 10.7 Å². The molecule has 0 aliphatic carbocycles.